The average Bonchev–Trinajstić information content (AvgIpc) is 2.16. The molecule has 0 saturated carbocycles. The summed E-state index contributed by atoms with van der Waals surface area (Å²) < 4.78 is 30.1. The van der Waals surface area contributed by atoms with Gasteiger partial charge in [-0.15, -0.1) is 0 Å². The van der Waals surface area contributed by atoms with Gasteiger partial charge in [0.2, 0.25) is 0 Å². The number of nitrogen functional groups attached to an aromatic ring is 1. The number of hydrogen-bond acceptors (Lipinski definition) is 3. The maximum atomic E-state index is 12.6. The van der Waals surface area contributed by atoms with Crippen molar-refractivity contribution in [3.63, 3.8) is 0 Å². The van der Waals surface area contributed by atoms with Crippen LogP contribution in [-0.2, 0) is 5.33 Å². The fraction of sp³-hybridized carbons (Fsp3) is 0.375. The molecule has 0 spiro atoms. The van der Waals surface area contributed by atoms with Crippen LogP contribution in [0, 0.1) is 0 Å². The third-order valence-electron chi connectivity index (χ3n) is 1.79. The lowest BCUT2D eigenvalue weighted by Gasteiger charge is -2.12. The molecule has 0 amide bonds. The average molecular weight is 267 g/mol. The van der Waals surface area contributed by atoms with Gasteiger partial charge in [0.15, 0.2) is 0 Å². The van der Waals surface area contributed by atoms with Gasteiger partial charge in [-0.1, -0.05) is 15.9 Å². The normalized spacial score (nSPS) is 10.6. The summed E-state index contributed by atoms with van der Waals surface area (Å²) in [4.78, 5) is 3.63. The van der Waals surface area contributed by atoms with Gasteiger partial charge in [-0.25, -0.2) is 13.8 Å². The molecule has 1 heterocycles. The Kier molecular flexibility index (Phi) is 3.62. The number of nitrogens with two attached hydrogens (primary N) is 1. The van der Waals surface area contributed by atoms with Crippen LogP contribution >= 0.6 is 15.9 Å². The lowest BCUT2D eigenvalue weighted by atomic mass is 10.1. The summed E-state index contributed by atoms with van der Waals surface area (Å²) in [5, 5.41) is 0.253. The van der Waals surface area contributed by atoms with Crippen molar-refractivity contribution in [3.8, 4) is 5.75 Å². The molecule has 1 aromatic rings. The number of nitrogens with zero attached hydrogens (tertiary/aromatic N) is 1. The summed E-state index contributed by atoms with van der Waals surface area (Å²) in [6, 6.07) is 0. The first-order valence-electron chi connectivity index (χ1n) is 3.77. The quantitative estimate of drug-likeness (QED) is 0.856. The maximum Gasteiger partial charge on any atom is 0.267 e. The molecule has 0 radical (unpaired) electrons. The molecule has 0 aliphatic heterocycles. The third kappa shape index (κ3) is 1.95. The summed E-state index contributed by atoms with van der Waals surface area (Å²) in [6.07, 6.45) is -1.32. The van der Waals surface area contributed by atoms with Crippen LogP contribution in [0.1, 0.15) is 17.6 Å². The minimum absolute atomic E-state index is 0.157. The number of rotatable bonds is 3. The van der Waals surface area contributed by atoms with E-state index in [1.54, 1.807) is 0 Å². The molecule has 0 saturated heterocycles. The van der Waals surface area contributed by atoms with Crippen LogP contribution in [0.3, 0.4) is 0 Å². The first-order valence-corrected chi connectivity index (χ1v) is 4.89. The van der Waals surface area contributed by atoms with Gasteiger partial charge in [-0.05, 0) is 0 Å². The van der Waals surface area contributed by atoms with Crippen LogP contribution in [-0.4, -0.2) is 12.1 Å². The second-order valence-electron chi connectivity index (χ2n) is 2.54. The van der Waals surface area contributed by atoms with E-state index < -0.39 is 6.43 Å². The predicted octanol–water partition coefficient (Wildman–Crippen LogP) is 2.50. The van der Waals surface area contributed by atoms with Gasteiger partial charge in [-0.2, -0.15) is 0 Å². The number of hydrogen-bond donors (Lipinski definition) is 1. The van der Waals surface area contributed by atoms with Crippen LogP contribution in [0.15, 0.2) is 6.20 Å². The van der Waals surface area contributed by atoms with Gasteiger partial charge < -0.3 is 10.5 Å². The number of anilines is 1. The van der Waals surface area contributed by atoms with Crippen molar-refractivity contribution in [2.24, 2.45) is 0 Å². The largest absolute Gasteiger partial charge is 0.495 e. The van der Waals surface area contributed by atoms with E-state index in [-0.39, 0.29) is 16.7 Å². The number of aromatic nitrogens is 1. The fourth-order valence-corrected chi connectivity index (χ4v) is 1.70. The summed E-state index contributed by atoms with van der Waals surface area (Å²) >= 11 is 3.11. The maximum absolute atomic E-state index is 12.6. The van der Waals surface area contributed by atoms with E-state index in [0.717, 1.165) is 0 Å². The van der Waals surface area contributed by atoms with E-state index in [1.165, 1.54) is 13.3 Å². The molecule has 0 aliphatic carbocycles. The Bertz CT molecular complexity index is 333. The predicted molar refractivity (Wildman–Crippen MR) is 52.8 cm³/mol. The van der Waals surface area contributed by atoms with E-state index in [9.17, 15) is 8.78 Å². The lowest BCUT2D eigenvalue weighted by molar-refractivity contribution is 0.150. The summed E-state index contributed by atoms with van der Waals surface area (Å²) in [6.45, 7) is 0. The molecule has 1 rings (SSSR count). The van der Waals surface area contributed by atoms with Crippen molar-refractivity contribution < 1.29 is 13.5 Å². The Morgan fingerprint density at radius 3 is 2.71 bits per heavy atom. The zero-order valence-corrected chi connectivity index (χ0v) is 9.01. The first-order chi connectivity index (χ1) is 6.61. The Hall–Kier alpha value is -0.910. The number of ether oxygens (including phenoxy) is 1. The minimum atomic E-state index is -2.65. The Labute approximate surface area is 88.4 Å². The van der Waals surface area contributed by atoms with Crippen molar-refractivity contribution in [2.75, 3.05) is 12.8 Å². The van der Waals surface area contributed by atoms with Crippen LogP contribution in [0.4, 0.5) is 14.6 Å². The second kappa shape index (κ2) is 4.54. The highest BCUT2D eigenvalue weighted by Crippen LogP contribution is 2.34. The number of pyridine rings is 1. The van der Waals surface area contributed by atoms with Crippen molar-refractivity contribution in [2.45, 2.75) is 11.8 Å². The van der Waals surface area contributed by atoms with Gasteiger partial charge in [-0.3, -0.25) is 0 Å². The molecular weight excluding hydrogens is 258 g/mol. The van der Waals surface area contributed by atoms with Crippen LogP contribution in [0.5, 0.6) is 5.75 Å². The van der Waals surface area contributed by atoms with Gasteiger partial charge in [0.25, 0.3) is 6.43 Å². The monoisotopic (exact) mass is 266 g/mol. The summed E-state index contributed by atoms with van der Waals surface area (Å²) in [5.74, 6) is 0.154. The zero-order chi connectivity index (χ0) is 10.7. The van der Waals surface area contributed by atoms with Crippen molar-refractivity contribution in [3.05, 3.63) is 17.3 Å². The number of alkyl halides is 3. The van der Waals surface area contributed by atoms with Gasteiger partial charge >= 0.3 is 0 Å². The van der Waals surface area contributed by atoms with Crippen LogP contribution < -0.4 is 10.5 Å². The molecule has 0 aliphatic rings. The highest BCUT2D eigenvalue weighted by molar-refractivity contribution is 9.08. The van der Waals surface area contributed by atoms with Gasteiger partial charge in [0.1, 0.15) is 11.6 Å². The molecular formula is C8H9BrF2N2O. The SMILES string of the molecule is COc1cnc(N)c(C(F)F)c1CBr. The van der Waals surface area contributed by atoms with E-state index in [0.29, 0.717) is 11.3 Å². The molecule has 0 unspecified atom stereocenters. The molecule has 6 heteroatoms. The fourth-order valence-electron chi connectivity index (χ4n) is 1.12. The molecule has 1 aromatic heterocycles. The lowest BCUT2D eigenvalue weighted by Crippen LogP contribution is -2.04. The molecule has 14 heavy (non-hydrogen) atoms. The minimum Gasteiger partial charge on any atom is -0.495 e. The molecule has 3 nitrogen and oxygen atoms in total. The Morgan fingerprint density at radius 1 is 1.64 bits per heavy atom. The van der Waals surface area contributed by atoms with Crippen LogP contribution in [0.2, 0.25) is 0 Å². The van der Waals surface area contributed by atoms with Crippen molar-refractivity contribution in [1.82, 2.24) is 4.98 Å². The van der Waals surface area contributed by atoms with E-state index >= 15 is 0 Å². The van der Waals surface area contributed by atoms with Crippen molar-refractivity contribution >= 4 is 21.7 Å². The van der Waals surface area contributed by atoms with E-state index in [1.807, 2.05) is 0 Å². The molecule has 0 fully saturated rings. The molecule has 0 atom stereocenters. The highest BCUT2D eigenvalue weighted by atomic mass is 79.9. The number of methoxy groups -OCH3 is 1. The van der Waals surface area contributed by atoms with Gasteiger partial charge in [0, 0.05) is 10.9 Å². The van der Waals surface area contributed by atoms with E-state index in [4.69, 9.17) is 10.5 Å². The highest BCUT2D eigenvalue weighted by Gasteiger charge is 2.20. The van der Waals surface area contributed by atoms with E-state index in [2.05, 4.69) is 20.9 Å². The Morgan fingerprint density at radius 2 is 2.29 bits per heavy atom. The first kappa shape index (κ1) is 11.2. The molecule has 78 valence electrons. The second-order valence-corrected chi connectivity index (χ2v) is 3.10. The number of halogens is 3. The zero-order valence-electron chi connectivity index (χ0n) is 7.43. The summed E-state index contributed by atoms with van der Waals surface area (Å²) in [5.41, 5.74) is 5.43. The summed E-state index contributed by atoms with van der Waals surface area (Å²) in [7, 11) is 1.40. The molecule has 0 bridgehead atoms. The standard InChI is InChI=1S/C8H9BrF2N2O/c1-14-5-3-13-8(12)6(7(10)11)4(5)2-9/h3,7H,2H2,1H3,(H2,12,13). The topological polar surface area (TPSA) is 48.1 Å². The van der Waals surface area contributed by atoms with Crippen molar-refractivity contribution in [1.29, 1.82) is 0 Å². The molecule has 2 N–H and O–H groups in total. The van der Waals surface area contributed by atoms with Crippen LogP contribution in [0.25, 0.3) is 0 Å². The third-order valence-corrected chi connectivity index (χ3v) is 2.35. The Balaban J connectivity index is 3.35. The van der Waals surface area contributed by atoms with Gasteiger partial charge in [0.05, 0.1) is 18.9 Å². The molecule has 0 aromatic carbocycles. The smallest absolute Gasteiger partial charge is 0.267 e.